The summed E-state index contributed by atoms with van der Waals surface area (Å²) in [5.74, 6) is -2.25. The van der Waals surface area contributed by atoms with Crippen LogP contribution in [0.4, 0.5) is 0 Å². The van der Waals surface area contributed by atoms with Gasteiger partial charge in [-0.2, -0.15) is 0 Å². The van der Waals surface area contributed by atoms with Crippen molar-refractivity contribution in [2.45, 2.75) is 0 Å². The minimum Gasteiger partial charge on any atom is -0.462 e. The molecule has 0 saturated heterocycles. The lowest BCUT2D eigenvalue weighted by atomic mass is 9.90. The average Bonchev–Trinajstić information content (AvgIpc) is 2.76. The Morgan fingerprint density at radius 3 is 1.24 bits per heavy atom. The van der Waals surface area contributed by atoms with Crippen LogP contribution >= 0.6 is 0 Å². The van der Waals surface area contributed by atoms with E-state index in [4.69, 9.17) is 18.9 Å². The molecule has 0 aliphatic heterocycles. The van der Waals surface area contributed by atoms with Gasteiger partial charge in [-0.05, 0) is 0 Å². The molecule has 10 heteroatoms. The monoisotopic (exact) mass is 416 g/mol. The number of carbonyl (C=O) groups excluding carboxylic acids is 3. The van der Waals surface area contributed by atoms with Crippen LogP contribution in [0.15, 0.2) is 38.0 Å². The van der Waals surface area contributed by atoms with Crippen molar-refractivity contribution in [2.75, 3.05) is 52.9 Å². The summed E-state index contributed by atoms with van der Waals surface area (Å²) in [6.45, 7) is 6.39. The van der Waals surface area contributed by atoms with Crippen molar-refractivity contribution in [1.29, 1.82) is 0 Å². The molecule has 10 nitrogen and oxygen atoms in total. The number of rotatable bonds is 16. The molecule has 0 aromatic heterocycles. The van der Waals surface area contributed by atoms with Gasteiger partial charge in [0.2, 0.25) is 0 Å². The lowest BCUT2D eigenvalue weighted by molar-refractivity contribution is -0.159. The van der Waals surface area contributed by atoms with E-state index in [1.165, 1.54) is 0 Å². The van der Waals surface area contributed by atoms with Gasteiger partial charge < -0.3 is 34.3 Å². The molecule has 0 saturated carbocycles. The van der Waals surface area contributed by atoms with Crippen LogP contribution in [0.25, 0.3) is 0 Å². The first-order chi connectivity index (χ1) is 13.8. The van der Waals surface area contributed by atoms with Gasteiger partial charge in [0, 0.05) is 18.2 Å². The standard InChI is InChI=1S/C19H28O10/c1-4-15(23)27-12-18(7-20,8-21)10-26-11-19(9-22,13-28-16(24)5-2)14-29-17(25)6-3/h4-6,20-22H,1-3,7-14H2. The number of hydrogen-bond donors (Lipinski definition) is 3. The largest absolute Gasteiger partial charge is 0.462 e. The third-order valence-corrected chi connectivity index (χ3v) is 3.88. The summed E-state index contributed by atoms with van der Waals surface area (Å²) in [5, 5.41) is 29.0. The van der Waals surface area contributed by atoms with E-state index in [2.05, 4.69) is 19.7 Å². The first-order valence-corrected chi connectivity index (χ1v) is 8.54. The molecule has 0 heterocycles. The average molecular weight is 416 g/mol. The number of carbonyl (C=O) groups is 3. The molecule has 0 rings (SSSR count). The highest BCUT2D eigenvalue weighted by molar-refractivity contribution is 5.82. The van der Waals surface area contributed by atoms with Gasteiger partial charge in [-0.15, -0.1) is 0 Å². The Balaban J connectivity index is 5.17. The first-order valence-electron chi connectivity index (χ1n) is 8.54. The van der Waals surface area contributed by atoms with Crippen molar-refractivity contribution in [3.05, 3.63) is 38.0 Å². The minimum absolute atomic E-state index is 0.281. The van der Waals surface area contributed by atoms with Crippen molar-refractivity contribution in [3.8, 4) is 0 Å². The number of ether oxygens (including phenoxy) is 4. The van der Waals surface area contributed by atoms with Crippen molar-refractivity contribution < 1.29 is 48.7 Å². The van der Waals surface area contributed by atoms with Crippen LogP contribution in [-0.4, -0.2) is 86.1 Å². The van der Waals surface area contributed by atoms with E-state index in [1.54, 1.807) is 0 Å². The van der Waals surface area contributed by atoms with Crippen LogP contribution in [0.2, 0.25) is 0 Å². The maximum absolute atomic E-state index is 11.4. The predicted molar refractivity (Wildman–Crippen MR) is 100 cm³/mol. The molecular weight excluding hydrogens is 388 g/mol. The maximum Gasteiger partial charge on any atom is 0.330 e. The fraction of sp³-hybridized carbons (Fsp3) is 0.526. The van der Waals surface area contributed by atoms with Crippen molar-refractivity contribution in [1.82, 2.24) is 0 Å². The smallest absolute Gasteiger partial charge is 0.330 e. The van der Waals surface area contributed by atoms with Crippen LogP contribution in [0.3, 0.4) is 0 Å². The summed E-state index contributed by atoms with van der Waals surface area (Å²) >= 11 is 0. The molecule has 0 aliphatic rings. The van der Waals surface area contributed by atoms with E-state index in [1.807, 2.05) is 0 Å². The molecule has 0 amide bonds. The van der Waals surface area contributed by atoms with E-state index >= 15 is 0 Å². The molecule has 0 fully saturated rings. The van der Waals surface area contributed by atoms with Crippen molar-refractivity contribution in [3.63, 3.8) is 0 Å². The van der Waals surface area contributed by atoms with Crippen molar-refractivity contribution >= 4 is 17.9 Å². The summed E-state index contributed by atoms with van der Waals surface area (Å²) in [6.07, 6.45) is 2.78. The quantitative estimate of drug-likeness (QED) is 0.165. The van der Waals surface area contributed by atoms with E-state index in [9.17, 15) is 29.7 Å². The zero-order chi connectivity index (χ0) is 22.3. The van der Waals surface area contributed by atoms with Gasteiger partial charge in [0.15, 0.2) is 0 Å². The third kappa shape index (κ3) is 9.48. The summed E-state index contributed by atoms with van der Waals surface area (Å²) in [7, 11) is 0. The molecule has 29 heavy (non-hydrogen) atoms. The molecular formula is C19H28O10. The Labute approximate surface area is 169 Å². The van der Waals surface area contributed by atoms with Gasteiger partial charge in [0.25, 0.3) is 0 Å². The fourth-order valence-electron chi connectivity index (χ4n) is 1.87. The minimum atomic E-state index is -1.33. The third-order valence-electron chi connectivity index (χ3n) is 3.88. The predicted octanol–water partition coefficient (Wildman–Crippen LogP) is -0.860. The highest BCUT2D eigenvalue weighted by Gasteiger charge is 2.37. The van der Waals surface area contributed by atoms with Crippen LogP contribution in [0.1, 0.15) is 0 Å². The highest BCUT2D eigenvalue weighted by atomic mass is 16.6. The molecule has 0 aliphatic carbocycles. The lowest BCUT2D eigenvalue weighted by Gasteiger charge is -2.33. The second-order valence-electron chi connectivity index (χ2n) is 6.40. The second-order valence-corrected chi connectivity index (χ2v) is 6.40. The normalized spacial score (nSPS) is 11.3. The zero-order valence-corrected chi connectivity index (χ0v) is 16.2. The highest BCUT2D eigenvalue weighted by Crippen LogP contribution is 2.23. The molecule has 0 spiro atoms. The van der Waals surface area contributed by atoms with Gasteiger partial charge in [-0.25, -0.2) is 14.4 Å². The Hall–Kier alpha value is -2.53. The van der Waals surface area contributed by atoms with Crippen LogP contribution in [-0.2, 0) is 33.3 Å². The molecule has 0 aromatic rings. The van der Waals surface area contributed by atoms with Gasteiger partial charge in [0.1, 0.15) is 19.8 Å². The van der Waals surface area contributed by atoms with Gasteiger partial charge in [-0.3, -0.25) is 0 Å². The summed E-state index contributed by atoms with van der Waals surface area (Å²) in [5.41, 5.74) is -2.65. The molecule has 0 unspecified atom stereocenters. The number of aliphatic hydroxyl groups is 3. The maximum atomic E-state index is 11.4. The van der Waals surface area contributed by atoms with E-state index in [-0.39, 0.29) is 33.0 Å². The topological polar surface area (TPSA) is 149 Å². The number of esters is 3. The Kier molecular flexibility index (Phi) is 12.4. The van der Waals surface area contributed by atoms with Crippen LogP contribution in [0.5, 0.6) is 0 Å². The second kappa shape index (κ2) is 13.6. The lowest BCUT2D eigenvalue weighted by Crippen LogP contribution is -2.45. The Bertz CT molecular complexity index is 556. The van der Waals surface area contributed by atoms with E-state index in [0.29, 0.717) is 0 Å². The van der Waals surface area contributed by atoms with Gasteiger partial charge >= 0.3 is 17.9 Å². The van der Waals surface area contributed by atoms with E-state index in [0.717, 1.165) is 18.2 Å². The number of aliphatic hydroxyl groups excluding tert-OH is 3. The van der Waals surface area contributed by atoms with E-state index < -0.39 is 48.6 Å². The SMILES string of the molecule is C=CC(=O)OCC(CO)(CO)COCC(CO)(COC(=O)C=C)COC(=O)C=C. The van der Waals surface area contributed by atoms with Crippen LogP contribution in [0, 0.1) is 10.8 Å². The van der Waals surface area contributed by atoms with Crippen molar-refractivity contribution in [2.24, 2.45) is 10.8 Å². The summed E-state index contributed by atoms with van der Waals surface area (Å²) in [6, 6.07) is 0. The molecule has 0 aromatic carbocycles. The molecule has 0 radical (unpaired) electrons. The molecule has 0 atom stereocenters. The zero-order valence-electron chi connectivity index (χ0n) is 16.2. The van der Waals surface area contributed by atoms with Gasteiger partial charge in [0.05, 0.1) is 43.9 Å². The molecule has 0 bridgehead atoms. The molecule has 164 valence electrons. The Morgan fingerprint density at radius 2 is 0.931 bits per heavy atom. The number of hydrogen-bond acceptors (Lipinski definition) is 10. The van der Waals surface area contributed by atoms with Crippen LogP contribution < -0.4 is 0 Å². The first kappa shape index (κ1) is 26.5. The van der Waals surface area contributed by atoms with Gasteiger partial charge in [-0.1, -0.05) is 19.7 Å². The summed E-state index contributed by atoms with van der Waals surface area (Å²) < 4.78 is 20.3. The summed E-state index contributed by atoms with van der Waals surface area (Å²) in [4.78, 5) is 34.0. The molecule has 3 N–H and O–H groups in total. The Morgan fingerprint density at radius 1 is 0.621 bits per heavy atom. The fourth-order valence-corrected chi connectivity index (χ4v) is 1.87.